The Hall–Kier alpha value is -3.99. The van der Waals surface area contributed by atoms with Crippen molar-refractivity contribution >= 4 is 16.9 Å². The Morgan fingerprint density at radius 3 is 2.34 bits per heavy atom. The zero-order valence-corrected chi connectivity index (χ0v) is 15.7. The van der Waals surface area contributed by atoms with E-state index in [1.165, 1.54) is 5.56 Å². The number of nitrogen functional groups attached to an aromatic ring is 1. The van der Waals surface area contributed by atoms with Gasteiger partial charge in [0.15, 0.2) is 0 Å². The fourth-order valence-electron chi connectivity index (χ4n) is 3.61. The van der Waals surface area contributed by atoms with E-state index in [1.54, 1.807) is 6.20 Å². The van der Waals surface area contributed by atoms with Gasteiger partial charge in [-0.15, -0.1) is 0 Å². The van der Waals surface area contributed by atoms with E-state index in [1.807, 2.05) is 54.7 Å². The number of hydrogen-bond acceptors (Lipinski definition) is 4. The van der Waals surface area contributed by atoms with Gasteiger partial charge >= 0.3 is 0 Å². The third kappa shape index (κ3) is 3.34. The van der Waals surface area contributed by atoms with Crippen molar-refractivity contribution in [2.24, 2.45) is 0 Å². The molecular formula is C24H19N5. The normalized spacial score (nSPS) is 11.0. The monoisotopic (exact) mass is 377 g/mol. The van der Waals surface area contributed by atoms with Crippen molar-refractivity contribution in [3.8, 4) is 22.5 Å². The molecule has 0 atom stereocenters. The van der Waals surface area contributed by atoms with Gasteiger partial charge in [0.1, 0.15) is 0 Å². The molecule has 5 aromatic rings. The van der Waals surface area contributed by atoms with Gasteiger partial charge in [-0.3, -0.25) is 4.98 Å². The number of hydrogen-bond donors (Lipinski definition) is 1. The maximum atomic E-state index is 6.07. The predicted octanol–water partition coefficient (Wildman–Crippen LogP) is 4.79. The second kappa shape index (κ2) is 7.20. The van der Waals surface area contributed by atoms with Crippen LogP contribution in [0.5, 0.6) is 0 Å². The van der Waals surface area contributed by atoms with Gasteiger partial charge in [-0.05, 0) is 17.7 Å². The van der Waals surface area contributed by atoms with Crippen LogP contribution in [0.3, 0.4) is 0 Å². The molecule has 3 heterocycles. The highest BCUT2D eigenvalue weighted by Gasteiger charge is 2.14. The molecule has 0 radical (unpaired) electrons. The first kappa shape index (κ1) is 17.1. The van der Waals surface area contributed by atoms with Crippen LogP contribution in [-0.4, -0.2) is 19.5 Å². The lowest BCUT2D eigenvalue weighted by Crippen LogP contribution is -1.99. The van der Waals surface area contributed by atoms with Crippen LogP contribution >= 0.6 is 0 Å². The summed E-state index contributed by atoms with van der Waals surface area (Å²) in [5.74, 6) is 0.263. The Kier molecular flexibility index (Phi) is 4.26. The van der Waals surface area contributed by atoms with Gasteiger partial charge in [0.05, 0.1) is 23.1 Å². The second-order valence-electron chi connectivity index (χ2n) is 6.91. The van der Waals surface area contributed by atoms with E-state index in [9.17, 15) is 0 Å². The summed E-state index contributed by atoms with van der Waals surface area (Å²) in [6.07, 6.45) is 5.82. The number of nitrogens with two attached hydrogens (primary N) is 1. The van der Waals surface area contributed by atoms with E-state index in [4.69, 9.17) is 5.73 Å². The molecule has 0 amide bonds. The van der Waals surface area contributed by atoms with Crippen molar-refractivity contribution in [2.45, 2.75) is 6.54 Å². The SMILES string of the molecule is Nc1nc(-c2ccccc2)cc(-c2cn(Cc3ccccc3)c3cnccc23)n1. The molecule has 5 rings (SSSR count). The van der Waals surface area contributed by atoms with Gasteiger partial charge in [0.2, 0.25) is 5.95 Å². The van der Waals surface area contributed by atoms with Crippen LogP contribution in [0.25, 0.3) is 33.4 Å². The average Bonchev–Trinajstić information content (AvgIpc) is 3.13. The fourth-order valence-corrected chi connectivity index (χ4v) is 3.61. The standard InChI is InChI=1S/C24H19N5/c25-24-27-21(18-9-5-2-6-10-18)13-22(28-24)20-16-29(15-17-7-3-1-4-8-17)23-14-26-12-11-19(20)23/h1-14,16H,15H2,(H2,25,27,28). The Morgan fingerprint density at radius 1 is 0.828 bits per heavy atom. The van der Waals surface area contributed by atoms with Gasteiger partial charge in [-0.25, -0.2) is 9.97 Å². The molecule has 0 unspecified atom stereocenters. The van der Waals surface area contributed by atoms with Gasteiger partial charge in [-0.2, -0.15) is 0 Å². The smallest absolute Gasteiger partial charge is 0.221 e. The van der Waals surface area contributed by atoms with E-state index in [0.29, 0.717) is 0 Å². The van der Waals surface area contributed by atoms with Crippen LogP contribution in [0.4, 0.5) is 5.95 Å². The lowest BCUT2D eigenvalue weighted by Gasteiger charge is -2.06. The molecule has 5 nitrogen and oxygen atoms in total. The summed E-state index contributed by atoms with van der Waals surface area (Å²) < 4.78 is 2.20. The quantitative estimate of drug-likeness (QED) is 0.489. The highest BCUT2D eigenvalue weighted by Crippen LogP contribution is 2.32. The minimum absolute atomic E-state index is 0.263. The first-order chi connectivity index (χ1) is 14.3. The lowest BCUT2D eigenvalue weighted by atomic mass is 10.1. The third-order valence-electron chi connectivity index (χ3n) is 4.97. The Labute approximate surface area is 168 Å². The van der Waals surface area contributed by atoms with Gasteiger partial charge in [0.25, 0.3) is 0 Å². The zero-order valence-electron chi connectivity index (χ0n) is 15.7. The Balaban J connectivity index is 1.65. The molecule has 0 fully saturated rings. The molecule has 2 N–H and O–H groups in total. The van der Waals surface area contributed by atoms with Crippen molar-refractivity contribution in [3.63, 3.8) is 0 Å². The van der Waals surface area contributed by atoms with Crippen LogP contribution in [-0.2, 0) is 6.54 Å². The molecule has 0 bridgehead atoms. The summed E-state index contributed by atoms with van der Waals surface area (Å²) in [6.45, 7) is 0.759. The minimum atomic E-state index is 0.263. The molecule has 0 aliphatic carbocycles. The number of benzene rings is 2. The number of fused-ring (bicyclic) bond motifs is 1. The zero-order chi connectivity index (χ0) is 19.6. The minimum Gasteiger partial charge on any atom is -0.368 e. The van der Waals surface area contributed by atoms with Crippen LogP contribution in [0.1, 0.15) is 5.56 Å². The number of aromatic nitrogens is 4. The Bertz CT molecular complexity index is 1280. The molecule has 5 heteroatoms. The van der Waals surface area contributed by atoms with Crippen molar-refractivity contribution < 1.29 is 0 Å². The molecule has 0 spiro atoms. The largest absolute Gasteiger partial charge is 0.368 e. The van der Waals surface area contributed by atoms with Crippen LogP contribution < -0.4 is 5.73 Å². The van der Waals surface area contributed by atoms with Crippen molar-refractivity contribution in [1.82, 2.24) is 19.5 Å². The summed E-state index contributed by atoms with van der Waals surface area (Å²) >= 11 is 0. The van der Waals surface area contributed by atoms with Crippen molar-refractivity contribution in [2.75, 3.05) is 5.73 Å². The van der Waals surface area contributed by atoms with Crippen molar-refractivity contribution in [3.05, 3.63) is 97.0 Å². The van der Waals surface area contributed by atoms with E-state index >= 15 is 0 Å². The predicted molar refractivity (Wildman–Crippen MR) is 116 cm³/mol. The number of nitrogens with zero attached hydrogens (tertiary/aromatic N) is 4. The van der Waals surface area contributed by atoms with E-state index in [-0.39, 0.29) is 5.95 Å². The van der Waals surface area contributed by atoms with Gasteiger partial charge in [-0.1, -0.05) is 60.7 Å². The maximum absolute atomic E-state index is 6.07. The second-order valence-corrected chi connectivity index (χ2v) is 6.91. The molecule has 3 aromatic heterocycles. The first-order valence-electron chi connectivity index (χ1n) is 9.45. The summed E-state index contributed by atoms with van der Waals surface area (Å²) in [7, 11) is 0. The summed E-state index contributed by atoms with van der Waals surface area (Å²) in [4.78, 5) is 13.3. The summed E-state index contributed by atoms with van der Waals surface area (Å²) in [5.41, 5.74) is 12.0. The molecule has 0 aliphatic rings. The van der Waals surface area contributed by atoms with Crippen molar-refractivity contribution in [1.29, 1.82) is 0 Å². The van der Waals surface area contributed by atoms with Gasteiger partial charge in [0, 0.05) is 35.5 Å². The number of rotatable bonds is 4. The van der Waals surface area contributed by atoms with E-state index < -0.39 is 0 Å². The third-order valence-corrected chi connectivity index (χ3v) is 4.97. The average molecular weight is 377 g/mol. The lowest BCUT2D eigenvalue weighted by molar-refractivity contribution is 0.835. The molecule has 0 saturated heterocycles. The molecule has 0 saturated carbocycles. The Morgan fingerprint density at radius 2 is 1.55 bits per heavy atom. The maximum Gasteiger partial charge on any atom is 0.221 e. The van der Waals surface area contributed by atoms with Crippen LogP contribution in [0.2, 0.25) is 0 Å². The van der Waals surface area contributed by atoms with E-state index in [0.717, 1.165) is 40.0 Å². The van der Waals surface area contributed by atoms with E-state index in [2.05, 4.69) is 50.0 Å². The molecule has 0 aliphatic heterocycles. The molecule has 2 aromatic carbocycles. The molecular weight excluding hydrogens is 358 g/mol. The van der Waals surface area contributed by atoms with Crippen LogP contribution in [0, 0.1) is 0 Å². The highest BCUT2D eigenvalue weighted by atomic mass is 15.0. The fraction of sp³-hybridized carbons (Fsp3) is 0.0417. The molecule has 29 heavy (non-hydrogen) atoms. The van der Waals surface area contributed by atoms with Crippen LogP contribution in [0.15, 0.2) is 91.4 Å². The molecule has 140 valence electrons. The summed E-state index contributed by atoms with van der Waals surface area (Å²) in [5, 5.41) is 1.09. The van der Waals surface area contributed by atoms with Gasteiger partial charge < -0.3 is 10.3 Å². The first-order valence-corrected chi connectivity index (χ1v) is 9.45. The number of pyridine rings is 1. The highest BCUT2D eigenvalue weighted by molar-refractivity contribution is 5.95. The summed E-state index contributed by atoms with van der Waals surface area (Å²) in [6, 6.07) is 24.4. The number of anilines is 1. The topological polar surface area (TPSA) is 69.6 Å².